The van der Waals surface area contributed by atoms with E-state index in [0.29, 0.717) is 4.90 Å². The Morgan fingerprint density at radius 2 is 1.50 bits per heavy atom. The standard InChI is InChI=1S/C11H10N2O3/c1-12(2)11(16)13-9(14)7-5-3-4-6-8(7)10(13)15/h3-6H,1-2H3. The summed E-state index contributed by atoms with van der Waals surface area (Å²) in [4.78, 5) is 37.1. The van der Waals surface area contributed by atoms with Crippen molar-refractivity contribution in [1.29, 1.82) is 0 Å². The van der Waals surface area contributed by atoms with Gasteiger partial charge in [0.25, 0.3) is 11.8 Å². The number of carbonyl (C=O) groups excluding carboxylic acids is 3. The molecule has 5 nitrogen and oxygen atoms in total. The first-order chi connectivity index (χ1) is 7.54. The van der Waals surface area contributed by atoms with Gasteiger partial charge in [-0.15, -0.1) is 0 Å². The lowest BCUT2D eigenvalue weighted by molar-refractivity contribution is 0.0679. The van der Waals surface area contributed by atoms with Crippen LogP contribution >= 0.6 is 0 Å². The molecule has 0 bridgehead atoms. The van der Waals surface area contributed by atoms with E-state index < -0.39 is 17.8 Å². The Hall–Kier alpha value is -2.17. The van der Waals surface area contributed by atoms with Crippen molar-refractivity contribution in [2.75, 3.05) is 14.1 Å². The molecule has 0 spiro atoms. The van der Waals surface area contributed by atoms with Crippen molar-refractivity contribution in [3.8, 4) is 0 Å². The maximum atomic E-state index is 11.8. The van der Waals surface area contributed by atoms with E-state index >= 15 is 0 Å². The number of nitrogens with zero attached hydrogens (tertiary/aromatic N) is 2. The molecule has 0 fully saturated rings. The predicted octanol–water partition coefficient (Wildman–Crippen LogP) is 0.964. The van der Waals surface area contributed by atoms with Crippen molar-refractivity contribution in [3.63, 3.8) is 0 Å². The fraction of sp³-hybridized carbons (Fsp3) is 0.182. The minimum Gasteiger partial charge on any atom is -0.330 e. The molecule has 1 aromatic rings. The smallest absolute Gasteiger partial charge is 0.330 e. The summed E-state index contributed by atoms with van der Waals surface area (Å²) in [7, 11) is 2.98. The van der Waals surface area contributed by atoms with Gasteiger partial charge in [-0.1, -0.05) is 12.1 Å². The van der Waals surface area contributed by atoms with Gasteiger partial charge in [0.2, 0.25) is 0 Å². The minimum absolute atomic E-state index is 0.280. The van der Waals surface area contributed by atoms with Crippen LogP contribution in [0.15, 0.2) is 24.3 Å². The van der Waals surface area contributed by atoms with Gasteiger partial charge in [0.1, 0.15) is 0 Å². The molecule has 5 heteroatoms. The average molecular weight is 218 g/mol. The summed E-state index contributed by atoms with van der Waals surface area (Å²) in [6.45, 7) is 0. The Morgan fingerprint density at radius 3 is 1.88 bits per heavy atom. The van der Waals surface area contributed by atoms with Crippen LogP contribution in [-0.2, 0) is 0 Å². The van der Waals surface area contributed by atoms with Crippen LogP contribution in [0.1, 0.15) is 20.7 Å². The molecule has 0 saturated carbocycles. The quantitative estimate of drug-likeness (QED) is 0.609. The van der Waals surface area contributed by atoms with Gasteiger partial charge < -0.3 is 4.90 Å². The third-order valence-corrected chi connectivity index (χ3v) is 2.37. The third kappa shape index (κ3) is 1.29. The zero-order chi connectivity index (χ0) is 11.9. The highest BCUT2D eigenvalue weighted by molar-refractivity contribution is 6.28. The zero-order valence-corrected chi connectivity index (χ0v) is 8.93. The second-order valence-electron chi connectivity index (χ2n) is 3.67. The number of hydrogen-bond acceptors (Lipinski definition) is 3. The third-order valence-electron chi connectivity index (χ3n) is 2.37. The highest BCUT2D eigenvalue weighted by atomic mass is 16.2. The molecule has 0 saturated heterocycles. The number of fused-ring (bicyclic) bond motifs is 1. The SMILES string of the molecule is CN(C)C(=O)N1C(=O)c2ccccc2C1=O. The number of imide groups is 3. The topological polar surface area (TPSA) is 57.7 Å². The van der Waals surface area contributed by atoms with Crippen LogP contribution in [0.2, 0.25) is 0 Å². The van der Waals surface area contributed by atoms with Crippen LogP contribution in [0.25, 0.3) is 0 Å². The van der Waals surface area contributed by atoms with E-state index in [2.05, 4.69) is 0 Å². The number of rotatable bonds is 0. The van der Waals surface area contributed by atoms with Crippen molar-refractivity contribution in [2.24, 2.45) is 0 Å². The number of hydrogen-bond donors (Lipinski definition) is 0. The molecule has 0 atom stereocenters. The van der Waals surface area contributed by atoms with Crippen molar-refractivity contribution < 1.29 is 14.4 Å². The molecule has 0 aromatic heterocycles. The van der Waals surface area contributed by atoms with Gasteiger partial charge >= 0.3 is 6.03 Å². The number of urea groups is 1. The summed E-state index contributed by atoms with van der Waals surface area (Å²) in [5, 5.41) is 0. The highest BCUT2D eigenvalue weighted by Gasteiger charge is 2.40. The highest BCUT2D eigenvalue weighted by Crippen LogP contribution is 2.22. The fourth-order valence-electron chi connectivity index (χ4n) is 1.56. The molecule has 2 rings (SSSR count). The van der Waals surface area contributed by atoms with Gasteiger partial charge in [-0.2, -0.15) is 4.90 Å². The lowest BCUT2D eigenvalue weighted by atomic mass is 10.1. The van der Waals surface area contributed by atoms with E-state index in [1.54, 1.807) is 24.3 Å². The molecule has 0 unspecified atom stereocenters. The number of benzene rings is 1. The molecule has 0 radical (unpaired) electrons. The normalized spacial score (nSPS) is 14.0. The van der Waals surface area contributed by atoms with Gasteiger partial charge in [0.05, 0.1) is 11.1 Å². The van der Waals surface area contributed by atoms with Crippen LogP contribution < -0.4 is 0 Å². The van der Waals surface area contributed by atoms with E-state index in [-0.39, 0.29) is 11.1 Å². The van der Waals surface area contributed by atoms with Crippen molar-refractivity contribution >= 4 is 17.8 Å². The largest absolute Gasteiger partial charge is 0.333 e. The predicted molar refractivity (Wildman–Crippen MR) is 56.0 cm³/mol. The molecule has 4 amide bonds. The maximum absolute atomic E-state index is 11.8. The van der Waals surface area contributed by atoms with Crippen LogP contribution in [0.3, 0.4) is 0 Å². The van der Waals surface area contributed by atoms with Gasteiger partial charge in [-0.05, 0) is 12.1 Å². The summed E-state index contributed by atoms with van der Waals surface area (Å²) in [6.07, 6.45) is 0. The van der Waals surface area contributed by atoms with E-state index in [4.69, 9.17) is 0 Å². The lowest BCUT2D eigenvalue weighted by Gasteiger charge is -2.17. The number of amides is 4. The Labute approximate surface area is 92.3 Å². The molecule has 1 aliphatic heterocycles. The fourth-order valence-corrected chi connectivity index (χ4v) is 1.56. The first-order valence-electron chi connectivity index (χ1n) is 4.73. The Bertz CT molecular complexity index is 459. The summed E-state index contributed by atoms with van der Waals surface area (Å²) in [5.74, 6) is -1.11. The lowest BCUT2D eigenvalue weighted by Crippen LogP contribution is -2.42. The molecule has 1 aliphatic rings. The Morgan fingerprint density at radius 1 is 1.06 bits per heavy atom. The summed E-state index contributed by atoms with van der Waals surface area (Å²) >= 11 is 0. The first-order valence-corrected chi connectivity index (χ1v) is 4.73. The van der Waals surface area contributed by atoms with Crippen LogP contribution in [0.4, 0.5) is 4.79 Å². The molecule has 1 aromatic carbocycles. The van der Waals surface area contributed by atoms with E-state index in [1.807, 2.05) is 0 Å². The summed E-state index contributed by atoms with van der Waals surface area (Å²) in [6, 6.07) is 5.78. The minimum atomic E-state index is -0.619. The van der Waals surface area contributed by atoms with Gasteiger partial charge in [-0.3, -0.25) is 9.59 Å². The summed E-state index contributed by atoms with van der Waals surface area (Å²) in [5.41, 5.74) is 0.561. The number of carbonyl (C=O) groups is 3. The average Bonchev–Trinajstić information content (AvgIpc) is 2.52. The first kappa shape index (κ1) is 10.4. The second kappa shape index (κ2) is 3.44. The van der Waals surface area contributed by atoms with E-state index in [1.165, 1.54) is 19.0 Å². The van der Waals surface area contributed by atoms with Crippen molar-refractivity contribution in [2.45, 2.75) is 0 Å². The maximum Gasteiger partial charge on any atom is 0.333 e. The summed E-state index contributed by atoms with van der Waals surface area (Å²) < 4.78 is 0. The zero-order valence-electron chi connectivity index (χ0n) is 8.93. The van der Waals surface area contributed by atoms with Crippen molar-refractivity contribution in [1.82, 2.24) is 9.80 Å². The molecule has 16 heavy (non-hydrogen) atoms. The van der Waals surface area contributed by atoms with Gasteiger partial charge in [0.15, 0.2) is 0 Å². The molecule has 82 valence electrons. The Balaban J connectivity index is 2.47. The monoisotopic (exact) mass is 218 g/mol. The van der Waals surface area contributed by atoms with Gasteiger partial charge in [0, 0.05) is 14.1 Å². The van der Waals surface area contributed by atoms with E-state index in [9.17, 15) is 14.4 Å². The molecular weight excluding hydrogens is 208 g/mol. The molecule has 0 aliphatic carbocycles. The van der Waals surface area contributed by atoms with Crippen LogP contribution in [-0.4, -0.2) is 41.7 Å². The van der Waals surface area contributed by atoms with Crippen LogP contribution in [0, 0.1) is 0 Å². The van der Waals surface area contributed by atoms with E-state index in [0.717, 1.165) is 0 Å². The molecular formula is C11H10N2O3. The second-order valence-corrected chi connectivity index (χ2v) is 3.67. The Kier molecular flexibility index (Phi) is 2.23. The van der Waals surface area contributed by atoms with Crippen LogP contribution in [0.5, 0.6) is 0 Å². The molecule has 1 heterocycles. The van der Waals surface area contributed by atoms with Crippen molar-refractivity contribution in [3.05, 3.63) is 35.4 Å². The molecule has 0 N–H and O–H groups in total. The van der Waals surface area contributed by atoms with Gasteiger partial charge in [-0.25, -0.2) is 4.79 Å².